The number of anilines is 1. The summed E-state index contributed by atoms with van der Waals surface area (Å²) >= 11 is 5.75. The molecule has 2 unspecified atom stereocenters. The van der Waals surface area contributed by atoms with Gasteiger partial charge in [0.2, 0.25) is 0 Å². The largest absolute Gasteiger partial charge is 0.350 e. The molecule has 0 aliphatic carbocycles. The summed E-state index contributed by atoms with van der Waals surface area (Å²) in [4.78, 5) is 0.933. The third-order valence-corrected chi connectivity index (χ3v) is 6.23. The van der Waals surface area contributed by atoms with Crippen molar-refractivity contribution in [1.82, 2.24) is 0 Å². The summed E-state index contributed by atoms with van der Waals surface area (Å²) in [6, 6.07) is 25.8. The molecule has 0 radical (unpaired) electrons. The molecule has 0 spiro atoms. The molecule has 3 aromatic rings. The van der Waals surface area contributed by atoms with E-state index >= 15 is 0 Å². The molecule has 0 amide bonds. The predicted octanol–water partition coefficient (Wildman–Crippen LogP) is 10.0. The Morgan fingerprint density at radius 3 is 2.22 bits per heavy atom. The molecule has 32 heavy (non-hydrogen) atoms. The van der Waals surface area contributed by atoms with Crippen molar-refractivity contribution in [1.29, 1.82) is 0 Å². The molecule has 174 valence electrons. The van der Waals surface area contributed by atoms with Crippen LogP contribution in [0.15, 0.2) is 72.8 Å². The van der Waals surface area contributed by atoms with E-state index < -0.39 is 0 Å². The van der Waals surface area contributed by atoms with Gasteiger partial charge in [0.25, 0.3) is 0 Å². The Morgan fingerprint density at radius 2 is 1.50 bits per heavy atom. The lowest BCUT2D eigenvalue weighted by Gasteiger charge is -2.25. The third kappa shape index (κ3) is 8.39. The van der Waals surface area contributed by atoms with Gasteiger partial charge >= 0.3 is 0 Å². The average molecular weight is 450 g/mol. The Morgan fingerprint density at radius 1 is 0.844 bits per heavy atom. The molecule has 0 fully saturated rings. The zero-order valence-electron chi connectivity index (χ0n) is 20.4. The molecule has 3 aromatic carbocycles. The number of rotatable bonds is 10. The number of unbranched alkanes of at least 4 members (excludes halogenated alkanes) is 2. The molecule has 0 bridgehead atoms. The molecule has 2 atom stereocenters. The van der Waals surface area contributed by atoms with Crippen molar-refractivity contribution in [3.8, 4) is 0 Å². The SMILES string of the molecule is CCC.CCCCCC(C)C(CCC(=S)Nc1cccc2ccccc12)c1ccccc1.[HH]. The molecule has 3 rings (SSSR count). The van der Waals surface area contributed by atoms with Crippen molar-refractivity contribution in [3.05, 3.63) is 78.4 Å². The lowest BCUT2D eigenvalue weighted by molar-refractivity contribution is 0.396. The van der Waals surface area contributed by atoms with Crippen LogP contribution in [-0.2, 0) is 0 Å². The molecule has 0 saturated heterocycles. The van der Waals surface area contributed by atoms with Gasteiger partial charge < -0.3 is 5.32 Å². The molecule has 0 aliphatic heterocycles. The van der Waals surface area contributed by atoms with Crippen molar-refractivity contribution >= 4 is 33.7 Å². The summed E-state index contributed by atoms with van der Waals surface area (Å²) in [5, 5.41) is 5.98. The van der Waals surface area contributed by atoms with Crippen LogP contribution in [0.3, 0.4) is 0 Å². The van der Waals surface area contributed by atoms with Gasteiger partial charge in [0.1, 0.15) is 0 Å². The minimum Gasteiger partial charge on any atom is -0.350 e. The number of benzene rings is 3. The Kier molecular flexibility index (Phi) is 12.0. The second kappa shape index (κ2) is 14.8. The molecular formula is C30H43NS. The first kappa shape index (κ1) is 26.1. The van der Waals surface area contributed by atoms with Crippen LogP contribution in [0, 0.1) is 5.92 Å². The van der Waals surface area contributed by atoms with Crippen LogP contribution >= 0.6 is 12.2 Å². The number of hydrogen-bond donors (Lipinski definition) is 1. The summed E-state index contributed by atoms with van der Waals surface area (Å²) in [6.07, 6.45) is 8.47. The second-order valence-corrected chi connectivity index (χ2v) is 9.30. The topological polar surface area (TPSA) is 12.0 Å². The summed E-state index contributed by atoms with van der Waals surface area (Å²) in [5.74, 6) is 1.23. The van der Waals surface area contributed by atoms with E-state index in [4.69, 9.17) is 12.2 Å². The molecule has 1 nitrogen and oxygen atoms in total. The van der Waals surface area contributed by atoms with E-state index in [0.29, 0.717) is 11.8 Å². The van der Waals surface area contributed by atoms with E-state index in [1.165, 1.54) is 48.4 Å². The highest BCUT2D eigenvalue weighted by atomic mass is 32.1. The van der Waals surface area contributed by atoms with Gasteiger partial charge in [-0.15, -0.1) is 0 Å². The van der Waals surface area contributed by atoms with E-state index in [1.807, 2.05) is 0 Å². The molecular weight excluding hydrogens is 406 g/mol. The highest BCUT2D eigenvalue weighted by Crippen LogP contribution is 2.33. The number of hydrogen-bond acceptors (Lipinski definition) is 1. The van der Waals surface area contributed by atoms with E-state index in [-0.39, 0.29) is 1.43 Å². The highest BCUT2D eigenvalue weighted by Gasteiger charge is 2.19. The highest BCUT2D eigenvalue weighted by molar-refractivity contribution is 7.80. The zero-order chi connectivity index (χ0) is 23.2. The predicted molar refractivity (Wildman–Crippen MR) is 150 cm³/mol. The fourth-order valence-electron chi connectivity index (χ4n) is 4.23. The van der Waals surface area contributed by atoms with Gasteiger partial charge in [0.05, 0.1) is 4.99 Å². The van der Waals surface area contributed by atoms with Gasteiger partial charge in [-0.25, -0.2) is 0 Å². The summed E-state index contributed by atoms with van der Waals surface area (Å²) in [5.41, 5.74) is 2.56. The first-order valence-electron chi connectivity index (χ1n) is 12.4. The van der Waals surface area contributed by atoms with Crippen LogP contribution in [0.4, 0.5) is 5.69 Å². The maximum absolute atomic E-state index is 5.75. The van der Waals surface area contributed by atoms with Crippen LogP contribution in [0.25, 0.3) is 10.8 Å². The van der Waals surface area contributed by atoms with Crippen LogP contribution in [-0.4, -0.2) is 4.99 Å². The maximum Gasteiger partial charge on any atom is 0.0797 e. The third-order valence-electron chi connectivity index (χ3n) is 5.92. The fourth-order valence-corrected chi connectivity index (χ4v) is 4.46. The molecule has 0 aromatic heterocycles. The lowest BCUT2D eigenvalue weighted by atomic mass is 9.81. The first-order valence-corrected chi connectivity index (χ1v) is 12.8. The van der Waals surface area contributed by atoms with Crippen LogP contribution in [0.2, 0.25) is 0 Å². The van der Waals surface area contributed by atoms with Crippen molar-refractivity contribution in [3.63, 3.8) is 0 Å². The fraction of sp³-hybridized carbons (Fsp3) is 0.433. The average Bonchev–Trinajstić information content (AvgIpc) is 2.81. The van der Waals surface area contributed by atoms with E-state index in [1.54, 1.807) is 0 Å². The summed E-state index contributed by atoms with van der Waals surface area (Å²) in [6.45, 7) is 8.94. The minimum atomic E-state index is 0. The van der Waals surface area contributed by atoms with Gasteiger partial charge in [-0.2, -0.15) is 0 Å². The van der Waals surface area contributed by atoms with E-state index in [2.05, 4.69) is 106 Å². The van der Waals surface area contributed by atoms with Gasteiger partial charge in [-0.1, -0.05) is 139 Å². The van der Waals surface area contributed by atoms with Crippen molar-refractivity contribution in [2.24, 2.45) is 5.92 Å². The quantitative estimate of drug-likeness (QED) is 0.244. The Balaban J connectivity index is 0.00000129. The van der Waals surface area contributed by atoms with Gasteiger partial charge in [0, 0.05) is 12.5 Å². The monoisotopic (exact) mass is 449 g/mol. The van der Waals surface area contributed by atoms with Gasteiger partial charge in [-0.3, -0.25) is 0 Å². The second-order valence-electron chi connectivity index (χ2n) is 8.81. The Labute approximate surface area is 203 Å². The van der Waals surface area contributed by atoms with Crippen molar-refractivity contribution in [2.75, 3.05) is 5.32 Å². The summed E-state index contributed by atoms with van der Waals surface area (Å²) in [7, 11) is 0. The number of nitrogens with one attached hydrogen (secondary N) is 1. The molecule has 0 aliphatic rings. The van der Waals surface area contributed by atoms with Crippen LogP contribution in [0.5, 0.6) is 0 Å². The first-order chi connectivity index (χ1) is 15.6. The van der Waals surface area contributed by atoms with Gasteiger partial charge in [-0.05, 0) is 41.7 Å². The number of fused-ring (bicyclic) bond motifs is 1. The molecule has 1 N–H and O–H groups in total. The lowest BCUT2D eigenvalue weighted by Crippen LogP contribution is -2.15. The number of thiocarbonyl (C=S) groups is 1. The zero-order valence-corrected chi connectivity index (χ0v) is 21.3. The van der Waals surface area contributed by atoms with Gasteiger partial charge in [0.15, 0.2) is 0 Å². The smallest absolute Gasteiger partial charge is 0.0797 e. The van der Waals surface area contributed by atoms with E-state index in [0.717, 1.165) is 23.5 Å². The molecule has 0 saturated carbocycles. The Hall–Kier alpha value is -2.19. The maximum atomic E-state index is 5.75. The van der Waals surface area contributed by atoms with Crippen LogP contribution < -0.4 is 5.32 Å². The summed E-state index contributed by atoms with van der Waals surface area (Å²) < 4.78 is 0. The van der Waals surface area contributed by atoms with E-state index in [9.17, 15) is 0 Å². The van der Waals surface area contributed by atoms with Crippen molar-refractivity contribution < 1.29 is 1.43 Å². The minimum absolute atomic E-state index is 0. The van der Waals surface area contributed by atoms with Crippen molar-refractivity contribution in [2.45, 2.75) is 78.6 Å². The molecule has 2 heteroatoms. The van der Waals surface area contributed by atoms with Crippen LogP contribution in [0.1, 0.15) is 85.5 Å². The Bertz CT molecular complexity index is 919. The normalized spacial score (nSPS) is 12.5. The molecule has 0 heterocycles. The standard InChI is InChI=1S/C27H33NS.C3H8.H2/c1-3-4-6-12-21(2)24(22-13-7-5-8-14-22)19-20-27(29)28-26-18-11-16-23-15-9-10-17-25(23)26;1-3-2;/h5,7-11,13-18,21,24H,3-4,6,12,19-20H2,1-2H3,(H,28,29);3H2,1-2H3;1H.